The first-order chi connectivity index (χ1) is 10.9. The van der Waals surface area contributed by atoms with Crippen molar-refractivity contribution < 1.29 is 19.4 Å². The highest BCUT2D eigenvalue weighted by molar-refractivity contribution is 5.98. The lowest BCUT2D eigenvalue weighted by atomic mass is 10.0. The molecule has 5 nitrogen and oxygen atoms in total. The van der Waals surface area contributed by atoms with E-state index in [2.05, 4.69) is 13.8 Å². The van der Waals surface area contributed by atoms with Gasteiger partial charge in [0.15, 0.2) is 0 Å². The molecule has 0 radical (unpaired) electrons. The average molecular weight is 319 g/mol. The van der Waals surface area contributed by atoms with Crippen LogP contribution in [0.15, 0.2) is 18.2 Å². The Kier molecular flexibility index (Phi) is 5.64. The van der Waals surface area contributed by atoms with Gasteiger partial charge in [-0.1, -0.05) is 13.8 Å². The van der Waals surface area contributed by atoms with Crippen LogP contribution >= 0.6 is 0 Å². The van der Waals surface area contributed by atoms with E-state index in [1.807, 2.05) is 11.8 Å². The number of ether oxygens (including phenoxy) is 1. The first-order valence-corrected chi connectivity index (χ1v) is 8.24. The fourth-order valence-electron chi connectivity index (χ4n) is 3.15. The van der Waals surface area contributed by atoms with Crippen LogP contribution in [-0.2, 0) is 0 Å². The smallest absolute Gasteiger partial charge is 0.335 e. The van der Waals surface area contributed by atoms with E-state index < -0.39 is 5.97 Å². The number of carbonyl (C=O) groups is 2. The van der Waals surface area contributed by atoms with Gasteiger partial charge < -0.3 is 14.7 Å². The maximum atomic E-state index is 12.8. The molecule has 0 bridgehead atoms. The Hall–Kier alpha value is -2.04. The number of hydrogen-bond acceptors (Lipinski definition) is 3. The molecule has 0 aliphatic carbocycles. The molecule has 0 unspecified atom stereocenters. The summed E-state index contributed by atoms with van der Waals surface area (Å²) in [6.45, 7) is 7.29. The highest BCUT2D eigenvalue weighted by Gasteiger charge is 2.30. The first-order valence-electron chi connectivity index (χ1n) is 8.24. The van der Waals surface area contributed by atoms with Gasteiger partial charge in [0.05, 0.1) is 12.2 Å². The van der Waals surface area contributed by atoms with Crippen LogP contribution in [0.3, 0.4) is 0 Å². The number of nitrogens with zero attached hydrogens (tertiary/aromatic N) is 1. The number of likely N-dealkylation sites (tertiary alicyclic amines) is 1. The normalized spacial score (nSPS) is 17.6. The Morgan fingerprint density at radius 2 is 2.00 bits per heavy atom. The number of carbonyl (C=O) groups excluding carboxylic acids is 1. The van der Waals surface area contributed by atoms with E-state index >= 15 is 0 Å². The van der Waals surface area contributed by atoms with Crippen LogP contribution in [0, 0.1) is 5.92 Å². The second-order valence-electron chi connectivity index (χ2n) is 6.41. The second kappa shape index (κ2) is 7.49. The molecule has 2 rings (SSSR count). The van der Waals surface area contributed by atoms with E-state index in [9.17, 15) is 14.7 Å². The maximum Gasteiger partial charge on any atom is 0.335 e. The highest BCUT2D eigenvalue weighted by atomic mass is 16.5. The van der Waals surface area contributed by atoms with Gasteiger partial charge >= 0.3 is 5.97 Å². The zero-order valence-electron chi connectivity index (χ0n) is 14.0. The van der Waals surface area contributed by atoms with Crippen LogP contribution in [0.1, 0.15) is 60.7 Å². The summed E-state index contributed by atoms with van der Waals surface area (Å²) in [5.74, 6) is -0.203. The molecule has 1 fully saturated rings. The summed E-state index contributed by atoms with van der Waals surface area (Å²) in [6, 6.07) is 4.78. The quantitative estimate of drug-likeness (QED) is 0.872. The standard InChI is InChI=1S/C18H25NO4/c1-4-23-16-10-13(9-14(11-16)18(21)22)17(20)19-7-5-6-15(19)8-12(2)3/h9-12,15H,4-8H2,1-3H3,(H,21,22)/t15-/m1/s1. The van der Waals surface area contributed by atoms with Crippen molar-refractivity contribution in [1.82, 2.24) is 4.90 Å². The minimum Gasteiger partial charge on any atom is -0.494 e. The highest BCUT2D eigenvalue weighted by Crippen LogP contribution is 2.27. The van der Waals surface area contributed by atoms with Gasteiger partial charge in [-0.3, -0.25) is 4.79 Å². The van der Waals surface area contributed by atoms with Crippen LogP contribution in [-0.4, -0.2) is 41.1 Å². The lowest BCUT2D eigenvalue weighted by Crippen LogP contribution is -2.36. The lowest BCUT2D eigenvalue weighted by molar-refractivity contribution is 0.0696. The number of aromatic carboxylic acids is 1. The van der Waals surface area contributed by atoms with E-state index in [1.54, 1.807) is 6.07 Å². The fraction of sp³-hybridized carbons (Fsp3) is 0.556. The van der Waals surface area contributed by atoms with Gasteiger partial charge in [0, 0.05) is 18.2 Å². The van der Waals surface area contributed by atoms with Crippen molar-refractivity contribution in [3.8, 4) is 5.75 Å². The summed E-state index contributed by atoms with van der Waals surface area (Å²) in [7, 11) is 0. The number of carboxylic acids is 1. The molecule has 23 heavy (non-hydrogen) atoms. The molecule has 1 heterocycles. The van der Waals surface area contributed by atoms with Crippen molar-refractivity contribution in [2.75, 3.05) is 13.2 Å². The Bertz CT molecular complexity index is 582. The fourth-order valence-corrected chi connectivity index (χ4v) is 3.15. The SMILES string of the molecule is CCOc1cc(C(=O)O)cc(C(=O)N2CCC[C@@H]2CC(C)C)c1. The van der Waals surface area contributed by atoms with Crippen molar-refractivity contribution in [3.05, 3.63) is 29.3 Å². The minimum absolute atomic E-state index is 0.0823. The number of hydrogen-bond donors (Lipinski definition) is 1. The molecule has 1 saturated heterocycles. The summed E-state index contributed by atoms with van der Waals surface area (Å²) >= 11 is 0. The predicted molar refractivity (Wildman–Crippen MR) is 88.1 cm³/mol. The van der Waals surface area contributed by atoms with Crippen molar-refractivity contribution in [2.45, 2.75) is 46.1 Å². The van der Waals surface area contributed by atoms with E-state index in [1.165, 1.54) is 12.1 Å². The topological polar surface area (TPSA) is 66.8 Å². The summed E-state index contributed by atoms with van der Waals surface area (Å²) in [4.78, 5) is 26.0. The van der Waals surface area contributed by atoms with Crippen LogP contribution < -0.4 is 4.74 Å². The molecule has 1 amide bonds. The molecule has 1 aromatic rings. The van der Waals surface area contributed by atoms with E-state index in [4.69, 9.17) is 4.74 Å². The maximum absolute atomic E-state index is 12.8. The van der Waals surface area contributed by atoms with E-state index in [-0.39, 0.29) is 17.5 Å². The van der Waals surface area contributed by atoms with Crippen molar-refractivity contribution in [3.63, 3.8) is 0 Å². The Morgan fingerprint density at radius 3 is 2.61 bits per heavy atom. The number of carboxylic acid groups (broad SMARTS) is 1. The van der Waals surface area contributed by atoms with Gasteiger partial charge in [-0.05, 0) is 50.3 Å². The number of benzene rings is 1. The molecule has 0 spiro atoms. The molecule has 0 saturated carbocycles. The molecule has 1 N–H and O–H groups in total. The minimum atomic E-state index is -1.05. The van der Waals surface area contributed by atoms with E-state index in [0.717, 1.165) is 25.8 Å². The third kappa shape index (κ3) is 4.24. The Labute approximate surface area is 137 Å². The monoisotopic (exact) mass is 319 g/mol. The van der Waals surface area contributed by atoms with Gasteiger partial charge in [-0.25, -0.2) is 4.79 Å². The molecule has 1 aliphatic heterocycles. The molecule has 0 aromatic heterocycles. The lowest BCUT2D eigenvalue weighted by Gasteiger charge is -2.26. The number of rotatable bonds is 6. The summed E-state index contributed by atoms with van der Waals surface area (Å²) < 4.78 is 5.41. The molecule has 1 aliphatic rings. The van der Waals surface area contributed by atoms with Gasteiger partial charge in [0.25, 0.3) is 5.91 Å². The average Bonchev–Trinajstić information content (AvgIpc) is 2.93. The van der Waals surface area contributed by atoms with E-state index in [0.29, 0.717) is 23.8 Å². The van der Waals surface area contributed by atoms with Crippen molar-refractivity contribution in [2.24, 2.45) is 5.92 Å². The first kappa shape index (κ1) is 17.3. The molecule has 1 aromatic carbocycles. The number of amides is 1. The Morgan fingerprint density at radius 1 is 1.30 bits per heavy atom. The van der Waals surface area contributed by atoms with Crippen LogP contribution in [0.2, 0.25) is 0 Å². The summed E-state index contributed by atoms with van der Waals surface area (Å²) in [5.41, 5.74) is 0.475. The van der Waals surface area contributed by atoms with Crippen LogP contribution in [0.5, 0.6) is 5.75 Å². The molecular weight excluding hydrogens is 294 g/mol. The zero-order valence-corrected chi connectivity index (χ0v) is 14.0. The van der Waals surface area contributed by atoms with Crippen molar-refractivity contribution in [1.29, 1.82) is 0 Å². The third-order valence-electron chi connectivity index (χ3n) is 4.09. The van der Waals surface area contributed by atoms with Crippen LogP contribution in [0.25, 0.3) is 0 Å². The van der Waals surface area contributed by atoms with Gasteiger partial charge in [0.1, 0.15) is 5.75 Å². The third-order valence-corrected chi connectivity index (χ3v) is 4.09. The molecule has 5 heteroatoms. The Balaban J connectivity index is 2.28. The molecular formula is C18H25NO4. The van der Waals surface area contributed by atoms with Crippen LogP contribution in [0.4, 0.5) is 0 Å². The van der Waals surface area contributed by atoms with Gasteiger partial charge in [0.2, 0.25) is 0 Å². The summed E-state index contributed by atoms with van der Waals surface area (Å²) in [6.07, 6.45) is 2.99. The zero-order chi connectivity index (χ0) is 17.0. The van der Waals surface area contributed by atoms with Crippen molar-refractivity contribution >= 4 is 11.9 Å². The summed E-state index contributed by atoms with van der Waals surface area (Å²) in [5, 5.41) is 9.24. The predicted octanol–water partition coefficient (Wildman–Crippen LogP) is 3.43. The molecule has 1 atom stereocenters. The largest absolute Gasteiger partial charge is 0.494 e. The van der Waals surface area contributed by atoms with Gasteiger partial charge in [-0.15, -0.1) is 0 Å². The van der Waals surface area contributed by atoms with Gasteiger partial charge in [-0.2, -0.15) is 0 Å². The second-order valence-corrected chi connectivity index (χ2v) is 6.41. The molecule has 126 valence electrons.